The average Bonchev–Trinajstić information content (AvgIpc) is 3.43. The van der Waals surface area contributed by atoms with Gasteiger partial charge in [-0.1, -0.05) is 24.3 Å². The van der Waals surface area contributed by atoms with Gasteiger partial charge in [0.1, 0.15) is 12.4 Å². The summed E-state index contributed by atoms with van der Waals surface area (Å²) in [5.41, 5.74) is 9.34. The highest BCUT2D eigenvalue weighted by atomic mass is 16.5. The molecule has 2 N–H and O–H groups in total. The molecule has 0 unspecified atom stereocenters. The van der Waals surface area contributed by atoms with Crippen molar-refractivity contribution in [3.63, 3.8) is 0 Å². The maximum atomic E-state index is 11.4. The van der Waals surface area contributed by atoms with Gasteiger partial charge in [-0.15, -0.1) is 0 Å². The summed E-state index contributed by atoms with van der Waals surface area (Å²) in [6.07, 6.45) is 8.10. The second-order valence-corrected chi connectivity index (χ2v) is 7.46. The molecule has 150 valence electrons. The Labute approximate surface area is 173 Å². The van der Waals surface area contributed by atoms with E-state index in [1.54, 1.807) is 24.7 Å². The second kappa shape index (κ2) is 7.59. The van der Waals surface area contributed by atoms with Crippen molar-refractivity contribution in [2.45, 2.75) is 31.8 Å². The Hall–Kier alpha value is -3.74. The number of amides is 1. The van der Waals surface area contributed by atoms with E-state index >= 15 is 0 Å². The van der Waals surface area contributed by atoms with E-state index in [9.17, 15) is 4.79 Å². The lowest BCUT2D eigenvalue weighted by Gasteiger charge is -2.15. The van der Waals surface area contributed by atoms with Crippen molar-refractivity contribution in [1.82, 2.24) is 19.5 Å². The van der Waals surface area contributed by atoms with Gasteiger partial charge < -0.3 is 10.5 Å². The molecule has 30 heavy (non-hydrogen) atoms. The number of nitrogens with zero attached hydrogens (tertiary/aromatic N) is 4. The Balaban J connectivity index is 1.63. The van der Waals surface area contributed by atoms with Crippen LogP contribution in [-0.4, -0.2) is 31.5 Å². The lowest BCUT2D eigenvalue weighted by molar-refractivity contribution is 0.100. The fraction of sp³-hybridized carbons (Fsp3) is 0.217. The van der Waals surface area contributed by atoms with E-state index in [0.717, 1.165) is 35.0 Å². The van der Waals surface area contributed by atoms with Crippen LogP contribution >= 0.6 is 0 Å². The van der Waals surface area contributed by atoms with Gasteiger partial charge in [0.05, 0.1) is 11.0 Å². The first-order valence-electron chi connectivity index (χ1n) is 10.1. The summed E-state index contributed by atoms with van der Waals surface area (Å²) >= 11 is 0. The standard InChI is InChI=1S/C23H21N5O2/c24-21(29)16-11-9-15(10-12-16)18-13-25-23(30-17-5-1-2-6-17)27-22(18)28-14-26-19-7-3-4-8-20(19)28/h3-4,7-14,17H,1-2,5-6H2,(H2,24,29). The van der Waals surface area contributed by atoms with Gasteiger partial charge in [0.25, 0.3) is 0 Å². The predicted octanol–water partition coefficient (Wildman–Crippen LogP) is 3.90. The molecular weight excluding hydrogens is 378 g/mol. The fourth-order valence-electron chi connectivity index (χ4n) is 3.90. The third kappa shape index (κ3) is 3.39. The van der Waals surface area contributed by atoms with E-state index in [-0.39, 0.29) is 6.10 Å². The number of primary amides is 1. The monoisotopic (exact) mass is 399 g/mol. The minimum absolute atomic E-state index is 0.165. The number of hydrogen-bond acceptors (Lipinski definition) is 5. The quantitative estimate of drug-likeness (QED) is 0.549. The third-order valence-corrected chi connectivity index (χ3v) is 5.48. The molecule has 0 aliphatic heterocycles. The Bertz CT molecular complexity index is 1210. The van der Waals surface area contributed by atoms with Crippen molar-refractivity contribution >= 4 is 16.9 Å². The second-order valence-electron chi connectivity index (χ2n) is 7.46. The van der Waals surface area contributed by atoms with Gasteiger partial charge in [-0.25, -0.2) is 9.97 Å². The highest BCUT2D eigenvalue weighted by Gasteiger charge is 2.20. The third-order valence-electron chi connectivity index (χ3n) is 5.48. The molecule has 2 aromatic heterocycles. The Morgan fingerprint density at radius 2 is 1.80 bits per heavy atom. The molecule has 1 aliphatic rings. The molecule has 1 saturated carbocycles. The molecule has 1 fully saturated rings. The van der Waals surface area contributed by atoms with Crippen LogP contribution in [0.25, 0.3) is 28.0 Å². The average molecular weight is 399 g/mol. The van der Waals surface area contributed by atoms with E-state index < -0.39 is 5.91 Å². The summed E-state index contributed by atoms with van der Waals surface area (Å²) in [6.45, 7) is 0. The number of para-hydroxylation sites is 2. The number of rotatable bonds is 5. The number of carbonyl (C=O) groups is 1. The van der Waals surface area contributed by atoms with E-state index in [4.69, 9.17) is 15.5 Å². The smallest absolute Gasteiger partial charge is 0.318 e. The number of benzene rings is 2. The van der Waals surface area contributed by atoms with Crippen LogP contribution in [0, 0.1) is 0 Å². The summed E-state index contributed by atoms with van der Waals surface area (Å²) < 4.78 is 7.99. The minimum atomic E-state index is -0.459. The first-order valence-corrected chi connectivity index (χ1v) is 10.1. The van der Waals surface area contributed by atoms with Crippen LogP contribution in [0.3, 0.4) is 0 Å². The van der Waals surface area contributed by atoms with E-state index in [0.29, 0.717) is 17.4 Å². The Kier molecular flexibility index (Phi) is 4.63. The van der Waals surface area contributed by atoms with E-state index in [2.05, 4.69) is 9.97 Å². The first kappa shape index (κ1) is 18.3. The molecule has 0 spiro atoms. The lowest BCUT2D eigenvalue weighted by Crippen LogP contribution is -2.14. The normalized spacial score (nSPS) is 14.3. The van der Waals surface area contributed by atoms with Gasteiger partial charge in [0.15, 0.2) is 5.82 Å². The number of imidazole rings is 1. The van der Waals surface area contributed by atoms with Crippen LogP contribution in [0.2, 0.25) is 0 Å². The van der Waals surface area contributed by atoms with Crippen LogP contribution < -0.4 is 10.5 Å². The zero-order valence-electron chi connectivity index (χ0n) is 16.4. The maximum absolute atomic E-state index is 11.4. The van der Waals surface area contributed by atoms with E-state index in [1.807, 2.05) is 41.0 Å². The molecule has 1 amide bonds. The van der Waals surface area contributed by atoms with Gasteiger partial charge >= 0.3 is 6.01 Å². The topological polar surface area (TPSA) is 95.9 Å². The van der Waals surface area contributed by atoms with Crippen LogP contribution in [0.5, 0.6) is 6.01 Å². The molecule has 4 aromatic rings. The zero-order chi connectivity index (χ0) is 20.5. The van der Waals surface area contributed by atoms with Crippen LogP contribution in [0.1, 0.15) is 36.0 Å². The molecular formula is C23H21N5O2. The summed E-state index contributed by atoms with van der Waals surface area (Å²) in [7, 11) is 0. The number of ether oxygens (including phenoxy) is 1. The maximum Gasteiger partial charge on any atom is 0.318 e. The highest BCUT2D eigenvalue weighted by Crippen LogP contribution is 2.30. The SMILES string of the molecule is NC(=O)c1ccc(-c2cnc(OC3CCCC3)nc2-n2cnc3ccccc32)cc1. The molecule has 2 aromatic carbocycles. The lowest BCUT2D eigenvalue weighted by atomic mass is 10.1. The first-order chi connectivity index (χ1) is 14.7. The van der Waals surface area contributed by atoms with Gasteiger partial charge in [-0.05, 0) is 55.5 Å². The molecule has 5 rings (SSSR count). The molecule has 1 aliphatic carbocycles. The number of carbonyl (C=O) groups excluding carboxylic acids is 1. The summed E-state index contributed by atoms with van der Waals surface area (Å²) in [6, 6.07) is 15.4. The minimum Gasteiger partial charge on any atom is -0.460 e. The number of aromatic nitrogens is 4. The molecule has 2 heterocycles. The van der Waals surface area contributed by atoms with Gasteiger partial charge in [0.2, 0.25) is 5.91 Å². The van der Waals surface area contributed by atoms with Gasteiger partial charge in [0, 0.05) is 17.3 Å². The summed E-state index contributed by atoms with van der Waals surface area (Å²) in [5.74, 6) is 0.220. The van der Waals surface area contributed by atoms with Gasteiger partial charge in [-0.3, -0.25) is 9.36 Å². The molecule has 0 atom stereocenters. The zero-order valence-corrected chi connectivity index (χ0v) is 16.4. The molecule has 0 bridgehead atoms. The molecule has 7 nitrogen and oxygen atoms in total. The largest absolute Gasteiger partial charge is 0.460 e. The molecule has 7 heteroatoms. The van der Waals surface area contributed by atoms with Crippen molar-refractivity contribution in [1.29, 1.82) is 0 Å². The van der Waals surface area contributed by atoms with Crippen molar-refractivity contribution in [3.05, 3.63) is 66.6 Å². The molecule has 0 radical (unpaired) electrons. The highest BCUT2D eigenvalue weighted by molar-refractivity contribution is 5.93. The molecule has 0 saturated heterocycles. The number of hydrogen-bond donors (Lipinski definition) is 1. The Morgan fingerprint density at radius 3 is 2.57 bits per heavy atom. The fourth-order valence-corrected chi connectivity index (χ4v) is 3.90. The van der Waals surface area contributed by atoms with E-state index in [1.165, 1.54) is 12.8 Å². The van der Waals surface area contributed by atoms with Crippen molar-refractivity contribution < 1.29 is 9.53 Å². The van der Waals surface area contributed by atoms with Gasteiger partial charge in [-0.2, -0.15) is 4.98 Å². The van der Waals surface area contributed by atoms with Crippen molar-refractivity contribution in [3.8, 4) is 23.0 Å². The van der Waals surface area contributed by atoms with Crippen LogP contribution in [-0.2, 0) is 0 Å². The Morgan fingerprint density at radius 1 is 1.03 bits per heavy atom. The van der Waals surface area contributed by atoms with Crippen molar-refractivity contribution in [2.75, 3.05) is 0 Å². The predicted molar refractivity (Wildman–Crippen MR) is 113 cm³/mol. The summed E-state index contributed by atoms with van der Waals surface area (Å²) in [4.78, 5) is 25.2. The van der Waals surface area contributed by atoms with Crippen molar-refractivity contribution in [2.24, 2.45) is 5.73 Å². The number of nitrogens with two attached hydrogens (primary N) is 1. The number of fused-ring (bicyclic) bond motifs is 1. The van der Waals surface area contributed by atoms with Crippen LogP contribution in [0.4, 0.5) is 0 Å². The van der Waals surface area contributed by atoms with Crippen LogP contribution in [0.15, 0.2) is 61.1 Å². The summed E-state index contributed by atoms with van der Waals surface area (Å²) in [5, 5.41) is 0.